The number of nitro benzene ring substituents is 1. The first kappa shape index (κ1) is 22.6. The Labute approximate surface area is 182 Å². The molecule has 2 N–H and O–H groups in total. The predicted molar refractivity (Wildman–Crippen MR) is 113 cm³/mol. The van der Waals surface area contributed by atoms with Crippen molar-refractivity contribution in [3.8, 4) is 5.75 Å². The van der Waals surface area contributed by atoms with Gasteiger partial charge in [-0.1, -0.05) is 17.7 Å². The Morgan fingerprint density at radius 2 is 2.00 bits per heavy atom. The van der Waals surface area contributed by atoms with Crippen molar-refractivity contribution in [2.45, 2.75) is 35.9 Å². The van der Waals surface area contributed by atoms with Crippen molar-refractivity contribution >= 4 is 28.3 Å². The molecule has 1 aliphatic rings. The van der Waals surface area contributed by atoms with E-state index in [4.69, 9.17) is 31.0 Å². The van der Waals surface area contributed by atoms with Crippen LogP contribution in [-0.4, -0.2) is 36.2 Å². The van der Waals surface area contributed by atoms with E-state index in [9.17, 15) is 14.3 Å². The summed E-state index contributed by atoms with van der Waals surface area (Å²) in [6.07, 6.45) is 1.78. The lowest BCUT2D eigenvalue weighted by Gasteiger charge is -2.42. The fourth-order valence-electron chi connectivity index (χ4n) is 4.09. The number of benzene rings is 2. The molecular formula is C20H23ClN2O6S. The third kappa shape index (κ3) is 4.35. The van der Waals surface area contributed by atoms with Gasteiger partial charge in [0.25, 0.3) is 0 Å². The second kappa shape index (κ2) is 9.40. The van der Waals surface area contributed by atoms with E-state index in [0.717, 1.165) is 30.0 Å². The molecule has 0 saturated carbocycles. The van der Waals surface area contributed by atoms with E-state index >= 15 is 0 Å². The molecule has 1 aliphatic carbocycles. The fraction of sp³-hybridized carbons (Fsp3) is 0.400. The molecule has 8 nitrogen and oxygen atoms in total. The lowest BCUT2D eigenvalue weighted by molar-refractivity contribution is -0.386. The maximum atomic E-state index is 11.5. The highest BCUT2D eigenvalue weighted by molar-refractivity contribution is 7.82. The van der Waals surface area contributed by atoms with Crippen LogP contribution in [0.3, 0.4) is 0 Å². The van der Waals surface area contributed by atoms with Crippen LogP contribution in [0.15, 0.2) is 41.3 Å². The van der Waals surface area contributed by atoms with Crippen LogP contribution in [0, 0.1) is 10.1 Å². The molecular weight excluding hydrogens is 432 g/mol. The van der Waals surface area contributed by atoms with Gasteiger partial charge in [-0.2, -0.15) is 0 Å². The van der Waals surface area contributed by atoms with Gasteiger partial charge in [-0.25, -0.2) is 9.35 Å². The van der Waals surface area contributed by atoms with Crippen molar-refractivity contribution in [1.82, 2.24) is 0 Å². The topological polar surface area (TPSA) is 114 Å². The normalized spacial score (nSPS) is 19.4. The van der Waals surface area contributed by atoms with Crippen LogP contribution >= 0.6 is 11.6 Å². The van der Waals surface area contributed by atoms with Crippen LogP contribution < -0.4 is 9.88 Å². The zero-order chi connectivity index (χ0) is 21.9. The summed E-state index contributed by atoms with van der Waals surface area (Å²) >= 11 is 6.18. The van der Waals surface area contributed by atoms with Gasteiger partial charge in [-0.3, -0.25) is 10.1 Å². The molecule has 0 aliphatic heterocycles. The van der Waals surface area contributed by atoms with E-state index in [0.29, 0.717) is 11.4 Å². The maximum absolute atomic E-state index is 11.5. The van der Waals surface area contributed by atoms with Crippen LogP contribution in [0.4, 0.5) is 5.69 Å². The van der Waals surface area contributed by atoms with Gasteiger partial charge in [-0.05, 0) is 54.7 Å². The minimum atomic E-state index is -1.84. The Kier molecular flexibility index (Phi) is 7.10. The van der Waals surface area contributed by atoms with Crippen LogP contribution in [0.1, 0.15) is 24.0 Å². The molecule has 162 valence electrons. The average molecular weight is 455 g/mol. The van der Waals surface area contributed by atoms with Crippen molar-refractivity contribution < 1.29 is 23.3 Å². The fourth-order valence-corrected chi connectivity index (χ4v) is 4.71. The molecule has 0 bridgehead atoms. The van der Waals surface area contributed by atoms with Crippen LogP contribution in [0.5, 0.6) is 5.75 Å². The predicted octanol–water partition coefficient (Wildman–Crippen LogP) is 3.50. The summed E-state index contributed by atoms with van der Waals surface area (Å²) in [4.78, 5) is 11.1. The van der Waals surface area contributed by atoms with Crippen molar-refractivity contribution in [3.05, 3.63) is 62.7 Å². The summed E-state index contributed by atoms with van der Waals surface area (Å²) in [7, 11) is 1.26. The van der Waals surface area contributed by atoms with Gasteiger partial charge in [-0.15, -0.1) is 0 Å². The Balaban J connectivity index is 2.02. The van der Waals surface area contributed by atoms with Gasteiger partial charge in [0.05, 0.1) is 15.2 Å². The molecule has 2 atom stereocenters. The number of nitrogens with two attached hydrogens (primary N) is 1. The first-order valence-corrected chi connectivity index (χ1v) is 10.8. The van der Waals surface area contributed by atoms with E-state index in [1.807, 2.05) is 12.1 Å². The van der Waals surface area contributed by atoms with Crippen molar-refractivity contribution in [2.24, 2.45) is 5.14 Å². The Bertz CT molecular complexity index is 968. The largest absolute Gasteiger partial charge is 0.486 e. The summed E-state index contributed by atoms with van der Waals surface area (Å²) in [6.45, 7) is 0.0832. The summed E-state index contributed by atoms with van der Waals surface area (Å²) in [6, 6.07) is 9.67. The van der Waals surface area contributed by atoms with E-state index < -0.39 is 27.6 Å². The number of rotatable bonds is 8. The SMILES string of the molecule is COC(OC)C1(COc2ccc(S(N)=O)cc2[N+](=O)[O-])CCCc2cc(Cl)ccc21. The smallest absolute Gasteiger partial charge is 0.312 e. The number of hydrogen-bond acceptors (Lipinski definition) is 6. The molecule has 3 rings (SSSR count). The van der Waals surface area contributed by atoms with Gasteiger partial charge in [0.2, 0.25) is 0 Å². The van der Waals surface area contributed by atoms with Gasteiger partial charge in [0.1, 0.15) is 17.6 Å². The van der Waals surface area contributed by atoms with E-state index in [1.165, 1.54) is 12.1 Å². The third-order valence-corrected chi connectivity index (χ3v) is 6.35. The average Bonchev–Trinajstić information content (AvgIpc) is 2.72. The molecule has 0 amide bonds. The summed E-state index contributed by atoms with van der Waals surface area (Å²) in [5, 5.41) is 17.5. The number of ether oxygens (including phenoxy) is 3. The van der Waals surface area contributed by atoms with Crippen LogP contribution in [0.25, 0.3) is 0 Å². The number of nitrogens with zero attached hydrogens (tertiary/aromatic N) is 1. The van der Waals surface area contributed by atoms with Gasteiger partial charge >= 0.3 is 5.69 Å². The van der Waals surface area contributed by atoms with E-state index in [-0.39, 0.29) is 22.9 Å². The van der Waals surface area contributed by atoms with E-state index in [1.54, 1.807) is 20.3 Å². The zero-order valence-corrected chi connectivity index (χ0v) is 18.2. The highest BCUT2D eigenvalue weighted by Gasteiger charge is 2.45. The van der Waals surface area contributed by atoms with Crippen molar-refractivity contribution in [2.75, 3.05) is 20.8 Å². The lowest BCUT2D eigenvalue weighted by Crippen LogP contribution is -2.49. The van der Waals surface area contributed by atoms with Crippen molar-refractivity contribution in [1.29, 1.82) is 0 Å². The quantitative estimate of drug-likeness (QED) is 0.371. The number of methoxy groups -OCH3 is 2. The lowest BCUT2D eigenvalue weighted by atomic mass is 9.69. The summed E-state index contributed by atoms with van der Waals surface area (Å²) < 4.78 is 28.7. The summed E-state index contributed by atoms with van der Waals surface area (Å²) in [5.74, 6) is 0.0561. The minimum absolute atomic E-state index is 0.0561. The molecule has 2 unspecified atom stereocenters. The third-order valence-electron chi connectivity index (χ3n) is 5.40. The van der Waals surface area contributed by atoms with E-state index in [2.05, 4.69) is 0 Å². The first-order chi connectivity index (χ1) is 14.3. The van der Waals surface area contributed by atoms with Crippen LogP contribution in [-0.2, 0) is 32.3 Å². The molecule has 0 aromatic heterocycles. The summed E-state index contributed by atoms with van der Waals surface area (Å²) in [5.41, 5.74) is 1.05. The van der Waals surface area contributed by atoms with Gasteiger partial charge < -0.3 is 14.2 Å². The second-order valence-corrected chi connectivity index (χ2v) is 8.59. The zero-order valence-electron chi connectivity index (χ0n) is 16.6. The molecule has 0 fully saturated rings. The molecule has 0 radical (unpaired) electrons. The molecule has 0 spiro atoms. The molecule has 10 heteroatoms. The number of aryl methyl sites for hydroxylation is 1. The number of halogens is 1. The molecule has 0 heterocycles. The standard InChI is InChI=1S/C20H23ClN2O6S/c1-27-19(28-2)20(9-3-4-13-10-14(21)5-7-16(13)20)12-29-18-8-6-15(30(22)26)11-17(18)23(24)25/h5-8,10-11,19H,3-4,9,12,22H2,1-2H3. The number of hydrogen-bond donors (Lipinski definition) is 1. The maximum Gasteiger partial charge on any atom is 0.312 e. The molecule has 30 heavy (non-hydrogen) atoms. The molecule has 0 saturated heterocycles. The van der Waals surface area contributed by atoms with Crippen LogP contribution in [0.2, 0.25) is 5.02 Å². The van der Waals surface area contributed by atoms with Crippen molar-refractivity contribution in [3.63, 3.8) is 0 Å². The first-order valence-electron chi connectivity index (χ1n) is 9.24. The Hall–Kier alpha value is -2.04. The highest BCUT2D eigenvalue weighted by Crippen LogP contribution is 2.43. The molecule has 2 aromatic rings. The van der Waals surface area contributed by atoms with Gasteiger partial charge in [0, 0.05) is 25.3 Å². The van der Waals surface area contributed by atoms with Gasteiger partial charge in [0.15, 0.2) is 12.0 Å². The Morgan fingerprint density at radius 1 is 1.27 bits per heavy atom. The Morgan fingerprint density at radius 3 is 2.63 bits per heavy atom. The second-order valence-electron chi connectivity index (χ2n) is 7.09. The highest BCUT2D eigenvalue weighted by atomic mass is 35.5. The monoisotopic (exact) mass is 454 g/mol. The molecule has 2 aromatic carbocycles. The minimum Gasteiger partial charge on any atom is -0.486 e. The number of nitro groups is 1. The number of fused-ring (bicyclic) bond motifs is 1.